The smallest absolute Gasteiger partial charge is 0.219 e. The summed E-state index contributed by atoms with van der Waals surface area (Å²) in [6.45, 7) is 5.59. The molecule has 0 unspecified atom stereocenters. The Morgan fingerprint density at radius 2 is 2.00 bits per heavy atom. The van der Waals surface area contributed by atoms with Gasteiger partial charge < -0.3 is 4.90 Å². The first-order valence-corrected chi connectivity index (χ1v) is 8.37. The molecule has 2 atom stereocenters. The molecule has 0 bridgehead atoms. The third-order valence-electron chi connectivity index (χ3n) is 5.19. The van der Waals surface area contributed by atoms with Crippen molar-refractivity contribution in [2.24, 2.45) is 5.92 Å². The number of hydrogen-bond acceptors (Lipinski definition) is 2. The number of carbonyl (C=O) groups is 1. The van der Waals surface area contributed by atoms with Crippen LogP contribution < -0.4 is 0 Å². The summed E-state index contributed by atoms with van der Waals surface area (Å²) in [7, 11) is 0. The van der Waals surface area contributed by atoms with E-state index in [0.29, 0.717) is 12.0 Å². The van der Waals surface area contributed by atoms with Gasteiger partial charge >= 0.3 is 0 Å². The van der Waals surface area contributed by atoms with Gasteiger partial charge in [0.2, 0.25) is 5.91 Å². The molecule has 4 heteroatoms. The van der Waals surface area contributed by atoms with E-state index in [2.05, 4.69) is 4.90 Å². The molecule has 120 valence electrons. The van der Waals surface area contributed by atoms with Crippen LogP contribution in [0.3, 0.4) is 0 Å². The largest absolute Gasteiger partial charge is 0.341 e. The molecule has 3 nitrogen and oxygen atoms in total. The molecular formula is C18H25FN2O. The van der Waals surface area contributed by atoms with E-state index in [4.69, 9.17) is 0 Å². The Kier molecular flexibility index (Phi) is 4.77. The zero-order valence-electron chi connectivity index (χ0n) is 13.3. The fraction of sp³-hybridized carbons (Fsp3) is 0.611. The summed E-state index contributed by atoms with van der Waals surface area (Å²) < 4.78 is 13.0. The summed E-state index contributed by atoms with van der Waals surface area (Å²) >= 11 is 0. The summed E-state index contributed by atoms with van der Waals surface area (Å²) in [5.41, 5.74) is 1.18. The van der Waals surface area contributed by atoms with Crippen molar-refractivity contribution < 1.29 is 9.18 Å². The van der Waals surface area contributed by atoms with Gasteiger partial charge in [-0.2, -0.15) is 0 Å². The summed E-state index contributed by atoms with van der Waals surface area (Å²) in [4.78, 5) is 16.2. The molecule has 2 aliphatic heterocycles. The van der Waals surface area contributed by atoms with E-state index in [9.17, 15) is 9.18 Å². The lowest BCUT2D eigenvalue weighted by Gasteiger charge is -2.30. The maximum Gasteiger partial charge on any atom is 0.219 e. The van der Waals surface area contributed by atoms with Gasteiger partial charge in [-0.15, -0.1) is 0 Å². The van der Waals surface area contributed by atoms with Crippen LogP contribution in [0.15, 0.2) is 24.3 Å². The van der Waals surface area contributed by atoms with Crippen molar-refractivity contribution in [2.75, 3.05) is 26.2 Å². The second-order valence-electron chi connectivity index (χ2n) is 6.66. The molecule has 0 saturated carbocycles. The average Bonchev–Trinajstić information content (AvgIpc) is 2.84. The van der Waals surface area contributed by atoms with Crippen molar-refractivity contribution in [1.29, 1.82) is 0 Å². The zero-order chi connectivity index (χ0) is 15.5. The maximum atomic E-state index is 13.0. The van der Waals surface area contributed by atoms with E-state index < -0.39 is 0 Å². The molecule has 1 aromatic carbocycles. The molecule has 1 amide bonds. The fourth-order valence-electron chi connectivity index (χ4n) is 3.90. The summed E-state index contributed by atoms with van der Waals surface area (Å²) in [6.07, 6.45) is 4.70. The Hall–Kier alpha value is -1.42. The minimum absolute atomic E-state index is 0.175. The second kappa shape index (κ2) is 6.78. The average molecular weight is 304 g/mol. The minimum atomic E-state index is -0.175. The van der Waals surface area contributed by atoms with Crippen LogP contribution in [0, 0.1) is 11.7 Å². The summed E-state index contributed by atoms with van der Waals surface area (Å²) in [5, 5.41) is 0. The van der Waals surface area contributed by atoms with Crippen molar-refractivity contribution in [3.63, 3.8) is 0 Å². The molecule has 1 aromatic rings. The first kappa shape index (κ1) is 15.5. The molecular weight excluding hydrogens is 279 g/mol. The number of halogens is 1. The predicted molar refractivity (Wildman–Crippen MR) is 85.1 cm³/mol. The number of nitrogens with zero attached hydrogens (tertiary/aromatic N) is 2. The van der Waals surface area contributed by atoms with Gasteiger partial charge in [0.05, 0.1) is 0 Å². The number of hydrogen-bond donors (Lipinski definition) is 0. The molecule has 2 saturated heterocycles. The normalized spacial score (nSPS) is 25.8. The lowest BCUT2D eigenvalue weighted by atomic mass is 9.98. The van der Waals surface area contributed by atoms with Gasteiger partial charge in [-0.25, -0.2) is 4.39 Å². The first-order valence-electron chi connectivity index (χ1n) is 8.37. The highest BCUT2D eigenvalue weighted by atomic mass is 19.1. The van der Waals surface area contributed by atoms with Crippen LogP contribution in [0.5, 0.6) is 0 Å². The number of rotatable bonds is 3. The lowest BCUT2D eigenvalue weighted by Crippen LogP contribution is -2.41. The van der Waals surface area contributed by atoms with Crippen molar-refractivity contribution in [1.82, 2.24) is 9.80 Å². The lowest BCUT2D eigenvalue weighted by molar-refractivity contribution is -0.128. The molecule has 0 aromatic heterocycles. The number of benzene rings is 1. The van der Waals surface area contributed by atoms with Gasteiger partial charge in [0.1, 0.15) is 5.82 Å². The molecule has 0 radical (unpaired) electrons. The highest BCUT2D eigenvalue weighted by molar-refractivity contribution is 5.73. The van der Waals surface area contributed by atoms with Gasteiger partial charge in [0.15, 0.2) is 0 Å². The summed E-state index contributed by atoms with van der Waals surface area (Å²) in [5.74, 6) is 0.651. The van der Waals surface area contributed by atoms with Crippen LogP contribution in [0.2, 0.25) is 0 Å². The van der Waals surface area contributed by atoms with E-state index >= 15 is 0 Å². The van der Waals surface area contributed by atoms with Gasteiger partial charge in [-0.1, -0.05) is 18.6 Å². The monoisotopic (exact) mass is 304 g/mol. The first-order chi connectivity index (χ1) is 10.6. The number of carbonyl (C=O) groups excluding carboxylic acids is 1. The van der Waals surface area contributed by atoms with Crippen LogP contribution >= 0.6 is 0 Å². The molecule has 2 heterocycles. The van der Waals surface area contributed by atoms with E-state index in [1.807, 2.05) is 17.0 Å². The van der Waals surface area contributed by atoms with Crippen LogP contribution in [-0.4, -0.2) is 47.9 Å². The second-order valence-corrected chi connectivity index (χ2v) is 6.66. The quantitative estimate of drug-likeness (QED) is 0.857. The minimum Gasteiger partial charge on any atom is -0.341 e. The highest BCUT2D eigenvalue weighted by Gasteiger charge is 2.38. The Labute approximate surface area is 132 Å². The van der Waals surface area contributed by atoms with Gasteiger partial charge in [-0.05, 0) is 49.4 Å². The Morgan fingerprint density at radius 1 is 1.23 bits per heavy atom. The maximum absolute atomic E-state index is 13.0. The fourth-order valence-corrected chi connectivity index (χ4v) is 3.90. The highest BCUT2D eigenvalue weighted by Crippen LogP contribution is 2.30. The third-order valence-corrected chi connectivity index (χ3v) is 5.19. The number of amides is 1. The topological polar surface area (TPSA) is 23.6 Å². The van der Waals surface area contributed by atoms with E-state index in [0.717, 1.165) is 32.6 Å². The molecule has 22 heavy (non-hydrogen) atoms. The van der Waals surface area contributed by atoms with Gasteiger partial charge in [0.25, 0.3) is 0 Å². The Balaban J connectivity index is 1.63. The van der Waals surface area contributed by atoms with E-state index in [-0.39, 0.29) is 11.7 Å². The molecule has 2 aliphatic rings. The number of likely N-dealkylation sites (tertiary alicyclic amines) is 2. The Morgan fingerprint density at radius 3 is 2.73 bits per heavy atom. The van der Waals surface area contributed by atoms with Gasteiger partial charge in [0, 0.05) is 32.6 Å². The van der Waals surface area contributed by atoms with Gasteiger partial charge in [-0.3, -0.25) is 9.69 Å². The van der Waals surface area contributed by atoms with Crippen LogP contribution in [-0.2, 0) is 11.2 Å². The van der Waals surface area contributed by atoms with Crippen LogP contribution in [0.1, 0.15) is 31.7 Å². The van der Waals surface area contributed by atoms with Crippen molar-refractivity contribution in [3.8, 4) is 0 Å². The van der Waals surface area contributed by atoms with Crippen LogP contribution in [0.4, 0.5) is 4.39 Å². The molecule has 0 spiro atoms. The van der Waals surface area contributed by atoms with Crippen molar-refractivity contribution in [3.05, 3.63) is 35.6 Å². The van der Waals surface area contributed by atoms with Crippen molar-refractivity contribution in [2.45, 2.75) is 38.6 Å². The van der Waals surface area contributed by atoms with Crippen molar-refractivity contribution >= 4 is 5.91 Å². The SMILES string of the molecule is CC(=O)N1C[C@@H]2CCCCN(CCc3ccc(F)cc3)[C@@H]2C1. The molecule has 0 aliphatic carbocycles. The molecule has 2 fully saturated rings. The number of fused-ring (bicyclic) bond motifs is 1. The predicted octanol–water partition coefficient (Wildman–Crippen LogP) is 2.70. The zero-order valence-corrected chi connectivity index (χ0v) is 13.3. The third kappa shape index (κ3) is 3.49. The summed E-state index contributed by atoms with van der Waals surface area (Å²) in [6, 6.07) is 7.33. The van der Waals surface area contributed by atoms with E-state index in [1.54, 1.807) is 6.92 Å². The standard InChI is InChI=1S/C18H25FN2O/c1-14(22)21-12-16-4-2-3-10-20(18(16)13-21)11-9-15-5-7-17(19)8-6-15/h5-8,16,18H,2-4,9-13H2,1H3/t16-,18+/m0/s1. The van der Waals surface area contributed by atoms with E-state index in [1.165, 1.54) is 37.0 Å². The molecule has 0 N–H and O–H groups in total. The Bertz CT molecular complexity index is 516. The van der Waals surface area contributed by atoms with Crippen LogP contribution in [0.25, 0.3) is 0 Å². The molecule has 3 rings (SSSR count).